The minimum absolute atomic E-state index is 0.0994. The van der Waals surface area contributed by atoms with Crippen molar-refractivity contribution in [2.24, 2.45) is 0 Å². The lowest BCUT2D eigenvalue weighted by molar-refractivity contribution is -0.174. The van der Waals surface area contributed by atoms with Crippen LogP contribution in [0, 0.1) is 0 Å². The molecule has 1 fully saturated rings. The second-order valence-corrected chi connectivity index (χ2v) is 9.37. The minimum Gasteiger partial charge on any atom is -0.394 e. The molecule has 4 atom stereocenters. The average Bonchev–Trinajstić information content (AvgIpc) is 3.21. The summed E-state index contributed by atoms with van der Waals surface area (Å²) in [7, 11) is -10.1. The second-order valence-electron chi connectivity index (χ2n) is 6.75. The van der Waals surface area contributed by atoms with Crippen LogP contribution in [0.25, 0.3) is 11.2 Å². The predicted molar refractivity (Wildman–Crippen MR) is 107 cm³/mol. The summed E-state index contributed by atoms with van der Waals surface area (Å²) in [5.41, 5.74) is 4.27. The van der Waals surface area contributed by atoms with Gasteiger partial charge in [0.1, 0.15) is 36.5 Å². The molecule has 19 heteroatoms. The number of rotatable bonds is 7. The van der Waals surface area contributed by atoms with Gasteiger partial charge in [0.15, 0.2) is 17.2 Å². The van der Waals surface area contributed by atoms with Crippen LogP contribution in [0.4, 0.5) is 5.82 Å². The van der Waals surface area contributed by atoms with Gasteiger partial charge in [-0.25, -0.2) is 24.1 Å². The maximum atomic E-state index is 12.8. The SMILES string of the molecule is CCCC(=O)[C@@]1(n2cnc3c(N)ncnc32)O[C@H](CO)[C@@H](O)[C@H]1O.O=P(O)(O)OP(=O)(O)O. The van der Waals surface area contributed by atoms with Gasteiger partial charge in [0, 0.05) is 6.42 Å². The van der Waals surface area contributed by atoms with Crippen molar-refractivity contribution in [1.82, 2.24) is 19.5 Å². The van der Waals surface area contributed by atoms with Crippen LogP contribution in [0.1, 0.15) is 19.8 Å². The maximum Gasteiger partial charge on any atom is 0.478 e. The van der Waals surface area contributed by atoms with Gasteiger partial charge in [0.25, 0.3) is 0 Å². The molecule has 2 aromatic rings. The largest absolute Gasteiger partial charge is 0.478 e. The Bertz CT molecular complexity index is 1070. The first-order valence-corrected chi connectivity index (χ1v) is 12.2. The minimum atomic E-state index is -5.05. The van der Waals surface area contributed by atoms with E-state index in [9.17, 15) is 29.2 Å². The third kappa shape index (κ3) is 5.98. The predicted octanol–water partition coefficient (Wildman–Crippen LogP) is -2.27. The lowest BCUT2D eigenvalue weighted by atomic mass is 9.95. The Kier molecular flexibility index (Phi) is 8.43. The van der Waals surface area contributed by atoms with Crippen LogP contribution in [-0.2, 0) is 28.7 Å². The van der Waals surface area contributed by atoms with Crippen molar-refractivity contribution in [2.75, 3.05) is 12.3 Å². The number of aliphatic hydroxyl groups is 3. The zero-order valence-corrected chi connectivity index (χ0v) is 18.7. The summed E-state index contributed by atoms with van der Waals surface area (Å²) in [4.78, 5) is 55.8. The fraction of sp³-hybridized carbons (Fsp3) is 0.571. The van der Waals surface area contributed by atoms with Crippen molar-refractivity contribution in [3.05, 3.63) is 12.7 Å². The molecule has 1 saturated heterocycles. The van der Waals surface area contributed by atoms with Gasteiger partial charge in [-0.15, -0.1) is 0 Å². The summed E-state index contributed by atoms with van der Waals surface area (Å²) in [5.74, 6) is -0.340. The first-order valence-electron chi connectivity index (χ1n) is 9.12. The lowest BCUT2D eigenvalue weighted by Crippen LogP contribution is -2.51. The number of ketones is 1. The number of carbonyl (C=O) groups is 1. The number of hydrogen-bond acceptors (Lipinski definition) is 12. The highest BCUT2D eigenvalue weighted by Crippen LogP contribution is 2.53. The topological polar surface area (TPSA) is 281 Å². The molecule has 1 aliphatic heterocycles. The third-order valence-electron chi connectivity index (χ3n) is 4.43. The van der Waals surface area contributed by atoms with Crippen LogP contribution in [-0.4, -0.2) is 85.1 Å². The summed E-state index contributed by atoms with van der Waals surface area (Å²) in [6.07, 6.45) is -1.07. The number of anilines is 1. The third-order valence-corrected chi connectivity index (χ3v) is 6.13. The molecule has 0 unspecified atom stereocenters. The van der Waals surface area contributed by atoms with Crippen molar-refractivity contribution in [3.63, 3.8) is 0 Å². The van der Waals surface area contributed by atoms with E-state index in [2.05, 4.69) is 19.3 Å². The molecule has 0 saturated carbocycles. The van der Waals surface area contributed by atoms with E-state index in [1.165, 1.54) is 17.2 Å². The van der Waals surface area contributed by atoms with Crippen LogP contribution in [0.15, 0.2) is 12.7 Å². The van der Waals surface area contributed by atoms with Crippen LogP contribution in [0.5, 0.6) is 0 Å². The number of nitrogens with zero attached hydrogens (tertiary/aromatic N) is 4. The quantitative estimate of drug-likeness (QED) is 0.180. The number of nitrogens with two attached hydrogens (primary N) is 1. The average molecular weight is 515 g/mol. The molecule has 2 aromatic heterocycles. The van der Waals surface area contributed by atoms with E-state index in [1.54, 1.807) is 6.92 Å². The molecule has 3 heterocycles. The van der Waals surface area contributed by atoms with E-state index in [-0.39, 0.29) is 23.4 Å². The van der Waals surface area contributed by atoms with Gasteiger partial charge in [0.05, 0.1) is 6.61 Å². The van der Waals surface area contributed by atoms with Crippen LogP contribution >= 0.6 is 15.6 Å². The van der Waals surface area contributed by atoms with E-state index in [4.69, 9.17) is 30.0 Å². The highest BCUT2D eigenvalue weighted by atomic mass is 31.3. The number of fused-ring (bicyclic) bond motifs is 1. The second kappa shape index (κ2) is 10.2. The first kappa shape index (κ1) is 27.4. The molecular formula is C14H23N5O12P2. The molecule has 0 spiro atoms. The monoisotopic (exact) mass is 515 g/mol. The molecule has 0 bridgehead atoms. The zero-order valence-electron chi connectivity index (χ0n) is 16.9. The fourth-order valence-electron chi connectivity index (χ4n) is 3.16. The van der Waals surface area contributed by atoms with Gasteiger partial charge in [-0.05, 0) is 6.42 Å². The Morgan fingerprint density at radius 3 is 2.27 bits per heavy atom. The Hall–Kier alpha value is -1.88. The first-order chi connectivity index (χ1) is 15.2. The molecule has 9 N–H and O–H groups in total. The fourth-order valence-corrected chi connectivity index (χ4v) is 4.26. The number of hydrogen-bond donors (Lipinski definition) is 8. The zero-order chi connectivity index (χ0) is 25.2. The Morgan fingerprint density at radius 1 is 1.21 bits per heavy atom. The lowest BCUT2D eigenvalue weighted by Gasteiger charge is -2.32. The van der Waals surface area contributed by atoms with Crippen molar-refractivity contribution >= 4 is 38.4 Å². The molecular weight excluding hydrogens is 492 g/mol. The van der Waals surface area contributed by atoms with Gasteiger partial charge >= 0.3 is 15.6 Å². The molecule has 17 nitrogen and oxygen atoms in total. The Labute approximate surface area is 185 Å². The van der Waals surface area contributed by atoms with E-state index in [0.29, 0.717) is 6.42 Å². The standard InChI is InChI=1S/C14H19N5O5.H4O7P2/c1-2-3-8(21)14(11(23)10(22)7(4-20)24-14)19-6-18-9-12(15)16-5-17-13(9)19;1-8(2,3)7-9(4,5)6/h5-7,10-11,20,22-23H,2-4H2,1H3,(H2,15,16,17);(H2,1,2,3)(H2,4,5,6)/t7-,10-,11-,14-;/m1./s1. The number of Topliss-reactive ketones (excluding diaryl/α,β-unsaturated/α-hetero) is 1. The Morgan fingerprint density at radius 2 is 1.82 bits per heavy atom. The number of phosphoric acid groups is 2. The van der Waals surface area contributed by atoms with Crippen molar-refractivity contribution in [2.45, 2.75) is 43.8 Å². The molecule has 0 amide bonds. The van der Waals surface area contributed by atoms with Crippen molar-refractivity contribution in [1.29, 1.82) is 0 Å². The number of aliphatic hydroxyl groups excluding tert-OH is 3. The highest BCUT2D eigenvalue weighted by molar-refractivity contribution is 7.60. The van der Waals surface area contributed by atoms with Gasteiger partial charge in [-0.1, -0.05) is 6.92 Å². The smallest absolute Gasteiger partial charge is 0.394 e. The highest BCUT2D eigenvalue weighted by Gasteiger charge is 2.60. The number of aromatic nitrogens is 4. The maximum absolute atomic E-state index is 12.8. The van der Waals surface area contributed by atoms with Crippen LogP contribution < -0.4 is 5.73 Å². The van der Waals surface area contributed by atoms with E-state index in [0.717, 1.165) is 0 Å². The number of imidazole rings is 1. The van der Waals surface area contributed by atoms with Gasteiger partial charge in [-0.2, -0.15) is 4.31 Å². The van der Waals surface area contributed by atoms with Crippen molar-refractivity contribution in [3.8, 4) is 0 Å². The number of nitrogen functional groups attached to an aromatic ring is 1. The molecule has 186 valence electrons. The summed E-state index contributed by atoms with van der Waals surface area (Å²) in [6, 6.07) is 0. The molecule has 1 aliphatic rings. The van der Waals surface area contributed by atoms with Crippen LogP contribution in [0.2, 0.25) is 0 Å². The van der Waals surface area contributed by atoms with Gasteiger partial charge in [0.2, 0.25) is 5.72 Å². The van der Waals surface area contributed by atoms with Crippen LogP contribution in [0.3, 0.4) is 0 Å². The Balaban J connectivity index is 0.000000365. The number of ether oxygens (including phenoxy) is 1. The summed E-state index contributed by atoms with van der Waals surface area (Å²) >= 11 is 0. The number of carbonyl (C=O) groups excluding carboxylic acids is 1. The molecule has 3 rings (SSSR count). The molecule has 0 aliphatic carbocycles. The summed E-state index contributed by atoms with van der Waals surface area (Å²) in [5, 5.41) is 30.1. The van der Waals surface area contributed by atoms with E-state index < -0.39 is 52.1 Å². The van der Waals surface area contributed by atoms with Gasteiger partial charge < -0.3 is 45.4 Å². The molecule has 0 radical (unpaired) electrons. The van der Waals surface area contributed by atoms with E-state index in [1.807, 2.05) is 0 Å². The summed E-state index contributed by atoms with van der Waals surface area (Å²) in [6.45, 7) is 1.25. The summed E-state index contributed by atoms with van der Waals surface area (Å²) < 4.78 is 29.1. The van der Waals surface area contributed by atoms with Crippen molar-refractivity contribution < 1.29 is 57.9 Å². The van der Waals surface area contributed by atoms with Gasteiger partial charge in [-0.3, -0.25) is 9.36 Å². The normalized spacial score (nSPS) is 25.6. The molecule has 33 heavy (non-hydrogen) atoms. The molecule has 0 aromatic carbocycles. The van der Waals surface area contributed by atoms with E-state index >= 15 is 0 Å².